The first-order valence-electron chi connectivity index (χ1n) is 9.40. The molecule has 0 aliphatic heterocycles. The number of sulfonamides is 1. The van der Waals surface area contributed by atoms with Gasteiger partial charge in [0.15, 0.2) is 0 Å². The lowest BCUT2D eigenvalue weighted by atomic mass is 10.1. The second-order valence-electron chi connectivity index (χ2n) is 6.72. The Balaban J connectivity index is 1.81. The maximum Gasteiger partial charge on any atom is 0.416 e. The number of benzene rings is 3. The minimum Gasteiger partial charge on any atom is -0.271 e. The van der Waals surface area contributed by atoms with Crippen LogP contribution in [0.25, 0.3) is 0 Å². The van der Waals surface area contributed by atoms with E-state index in [2.05, 4.69) is 26.5 Å². The summed E-state index contributed by atoms with van der Waals surface area (Å²) in [5, 5.41) is 3.66. The Morgan fingerprint density at radius 3 is 2.36 bits per heavy atom. The zero-order valence-corrected chi connectivity index (χ0v) is 19.2. The maximum absolute atomic E-state index is 13.2. The van der Waals surface area contributed by atoms with Crippen LogP contribution in [-0.4, -0.2) is 27.1 Å². The second kappa shape index (κ2) is 10.2. The molecule has 3 aromatic carbocycles. The van der Waals surface area contributed by atoms with Crippen LogP contribution < -0.4 is 9.73 Å². The van der Waals surface area contributed by atoms with Crippen LogP contribution in [0.15, 0.2) is 93.3 Å². The summed E-state index contributed by atoms with van der Waals surface area (Å²) in [5.74, 6) is -0.780. The molecule has 1 N–H and O–H groups in total. The fourth-order valence-corrected chi connectivity index (χ4v) is 4.63. The largest absolute Gasteiger partial charge is 0.416 e. The van der Waals surface area contributed by atoms with Gasteiger partial charge in [0, 0.05) is 4.47 Å². The van der Waals surface area contributed by atoms with E-state index in [4.69, 9.17) is 0 Å². The smallest absolute Gasteiger partial charge is 0.271 e. The molecular weight excluding hydrogens is 523 g/mol. The average molecular weight is 540 g/mol. The summed E-state index contributed by atoms with van der Waals surface area (Å²) in [6, 6.07) is 18.4. The van der Waals surface area contributed by atoms with Crippen LogP contribution in [0, 0.1) is 0 Å². The van der Waals surface area contributed by atoms with Crippen molar-refractivity contribution in [2.75, 3.05) is 10.8 Å². The molecule has 0 saturated carbocycles. The number of carbonyl (C=O) groups is 1. The van der Waals surface area contributed by atoms with Gasteiger partial charge < -0.3 is 0 Å². The van der Waals surface area contributed by atoms with Crippen molar-refractivity contribution >= 4 is 43.8 Å². The van der Waals surface area contributed by atoms with Crippen LogP contribution in [0.3, 0.4) is 0 Å². The molecule has 0 aromatic heterocycles. The molecule has 0 radical (unpaired) electrons. The quantitative estimate of drug-likeness (QED) is 0.345. The van der Waals surface area contributed by atoms with E-state index < -0.39 is 34.2 Å². The average Bonchev–Trinajstić information content (AvgIpc) is 2.77. The molecule has 0 aliphatic rings. The highest BCUT2D eigenvalue weighted by atomic mass is 79.9. The fourth-order valence-electron chi connectivity index (χ4n) is 2.81. The third-order valence-electron chi connectivity index (χ3n) is 4.33. The van der Waals surface area contributed by atoms with Crippen molar-refractivity contribution in [2.24, 2.45) is 5.10 Å². The molecule has 0 unspecified atom stereocenters. The Morgan fingerprint density at radius 2 is 1.70 bits per heavy atom. The van der Waals surface area contributed by atoms with E-state index >= 15 is 0 Å². The summed E-state index contributed by atoms with van der Waals surface area (Å²) < 4.78 is 66.4. The zero-order valence-electron chi connectivity index (χ0n) is 16.8. The van der Waals surface area contributed by atoms with Gasteiger partial charge in [0.05, 0.1) is 22.4 Å². The number of amides is 1. The van der Waals surface area contributed by atoms with Crippen molar-refractivity contribution in [3.05, 3.63) is 94.5 Å². The predicted molar refractivity (Wildman–Crippen MR) is 122 cm³/mol. The molecule has 0 aliphatic carbocycles. The van der Waals surface area contributed by atoms with Gasteiger partial charge in [0.2, 0.25) is 0 Å². The second-order valence-corrected chi connectivity index (χ2v) is 9.50. The Hall–Kier alpha value is -3.18. The molecule has 0 bridgehead atoms. The number of hydrazone groups is 1. The number of carbonyl (C=O) groups excluding carboxylic acids is 1. The molecule has 3 rings (SSSR count). The summed E-state index contributed by atoms with van der Waals surface area (Å²) >= 11 is 3.28. The number of halogens is 4. The predicted octanol–water partition coefficient (Wildman–Crippen LogP) is 4.81. The van der Waals surface area contributed by atoms with Gasteiger partial charge in [-0.15, -0.1) is 0 Å². The number of hydrogen-bond donors (Lipinski definition) is 1. The highest BCUT2D eigenvalue weighted by Gasteiger charge is 2.30. The molecule has 0 atom stereocenters. The van der Waals surface area contributed by atoms with E-state index in [1.54, 1.807) is 36.4 Å². The van der Waals surface area contributed by atoms with Gasteiger partial charge in [-0.1, -0.05) is 52.3 Å². The molecule has 0 saturated heterocycles. The fraction of sp³-hybridized carbons (Fsp3) is 0.0909. The maximum atomic E-state index is 13.2. The molecule has 0 heterocycles. The SMILES string of the molecule is O=C(CN(c1cccc(Br)c1)S(=O)(=O)c1ccccc1)N/N=C\c1cccc(C(F)(F)F)c1. The number of nitrogens with one attached hydrogen (secondary N) is 1. The number of rotatable bonds is 7. The topological polar surface area (TPSA) is 78.8 Å². The zero-order chi connectivity index (χ0) is 24.1. The molecule has 0 fully saturated rings. The van der Waals surface area contributed by atoms with Gasteiger partial charge in [-0.25, -0.2) is 13.8 Å². The van der Waals surface area contributed by atoms with Crippen LogP contribution in [-0.2, 0) is 21.0 Å². The number of anilines is 1. The first kappa shape index (κ1) is 24.5. The third-order valence-corrected chi connectivity index (χ3v) is 6.61. The van der Waals surface area contributed by atoms with Gasteiger partial charge in [-0.2, -0.15) is 18.3 Å². The van der Waals surface area contributed by atoms with Crippen LogP contribution in [0.4, 0.5) is 18.9 Å². The highest BCUT2D eigenvalue weighted by Crippen LogP contribution is 2.29. The lowest BCUT2D eigenvalue weighted by Crippen LogP contribution is -2.39. The van der Waals surface area contributed by atoms with Crippen LogP contribution >= 0.6 is 15.9 Å². The van der Waals surface area contributed by atoms with Crippen LogP contribution in [0.5, 0.6) is 0 Å². The summed E-state index contributed by atoms with van der Waals surface area (Å²) in [5.41, 5.74) is 1.66. The van der Waals surface area contributed by atoms with Crippen molar-refractivity contribution in [3.8, 4) is 0 Å². The van der Waals surface area contributed by atoms with Crippen molar-refractivity contribution in [3.63, 3.8) is 0 Å². The molecule has 33 heavy (non-hydrogen) atoms. The molecule has 6 nitrogen and oxygen atoms in total. The molecule has 172 valence electrons. The lowest BCUT2D eigenvalue weighted by Gasteiger charge is -2.23. The first-order valence-corrected chi connectivity index (χ1v) is 11.6. The molecule has 11 heteroatoms. The Bertz CT molecular complexity index is 1270. The van der Waals surface area contributed by atoms with Gasteiger partial charge in [0.25, 0.3) is 15.9 Å². The number of alkyl halides is 3. The van der Waals surface area contributed by atoms with Crippen molar-refractivity contribution < 1.29 is 26.4 Å². The van der Waals surface area contributed by atoms with Gasteiger partial charge in [-0.3, -0.25) is 9.10 Å². The number of hydrogen-bond acceptors (Lipinski definition) is 4. The normalized spacial score (nSPS) is 12.0. The van der Waals surface area contributed by atoms with E-state index in [0.29, 0.717) is 4.47 Å². The summed E-state index contributed by atoms with van der Waals surface area (Å²) in [6.45, 7) is -0.604. The van der Waals surface area contributed by atoms with Crippen molar-refractivity contribution in [1.29, 1.82) is 0 Å². The van der Waals surface area contributed by atoms with E-state index in [1.807, 2.05) is 0 Å². The van der Waals surface area contributed by atoms with Crippen LogP contribution in [0.2, 0.25) is 0 Å². The molecule has 1 amide bonds. The van der Waals surface area contributed by atoms with Gasteiger partial charge in [-0.05, 0) is 48.0 Å². The minimum absolute atomic E-state index is 0.00903. The number of nitrogens with zero attached hydrogens (tertiary/aromatic N) is 2. The highest BCUT2D eigenvalue weighted by molar-refractivity contribution is 9.10. The molecular formula is C22H17BrF3N3O3S. The monoisotopic (exact) mass is 539 g/mol. The molecule has 0 spiro atoms. The Kier molecular flexibility index (Phi) is 7.54. The Labute approximate surface area is 196 Å². The van der Waals surface area contributed by atoms with Crippen molar-refractivity contribution in [2.45, 2.75) is 11.1 Å². The van der Waals surface area contributed by atoms with Crippen LogP contribution in [0.1, 0.15) is 11.1 Å². The van der Waals surface area contributed by atoms with E-state index in [0.717, 1.165) is 22.7 Å². The molecule has 3 aromatic rings. The Morgan fingerprint density at radius 1 is 1.00 bits per heavy atom. The van der Waals surface area contributed by atoms with Gasteiger partial charge in [0.1, 0.15) is 6.54 Å². The summed E-state index contributed by atoms with van der Waals surface area (Å²) in [7, 11) is -4.09. The van der Waals surface area contributed by atoms with E-state index in [1.165, 1.54) is 30.3 Å². The van der Waals surface area contributed by atoms with E-state index in [-0.39, 0.29) is 16.1 Å². The summed E-state index contributed by atoms with van der Waals surface area (Å²) in [6.07, 6.45) is -3.47. The first-order chi connectivity index (χ1) is 15.6. The van der Waals surface area contributed by atoms with Gasteiger partial charge >= 0.3 is 6.18 Å². The lowest BCUT2D eigenvalue weighted by molar-refractivity contribution is -0.137. The summed E-state index contributed by atoms with van der Waals surface area (Å²) in [4.78, 5) is 12.5. The standard InChI is InChI=1S/C22H17BrF3N3O3S/c23-18-8-5-9-19(13-18)29(33(31,32)20-10-2-1-3-11-20)15-21(30)28-27-14-16-6-4-7-17(12-16)22(24,25)26/h1-14H,15H2,(H,28,30)/b27-14-. The minimum atomic E-state index is -4.51. The van der Waals surface area contributed by atoms with E-state index in [9.17, 15) is 26.4 Å². The van der Waals surface area contributed by atoms with Crippen molar-refractivity contribution in [1.82, 2.24) is 5.43 Å². The third kappa shape index (κ3) is 6.42.